The summed E-state index contributed by atoms with van der Waals surface area (Å²) >= 11 is 0. The number of amides is 2. The standard InChI is InChI=1S/C19H26N2O5/c1-6-9-26-13-8-7-12(10-14(13)24-4)17-15(18(22)25-5)16(11(2)3)20-19(23)21-17/h7-8,10-11,17H,6,9H2,1-5H3,(H2,20,21,23). The van der Waals surface area contributed by atoms with E-state index in [2.05, 4.69) is 10.6 Å². The number of urea groups is 1. The molecular weight excluding hydrogens is 336 g/mol. The molecule has 1 aliphatic rings. The summed E-state index contributed by atoms with van der Waals surface area (Å²) in [5, 5.41) is 5.51. The topological polar surface area (TPSA) is 85.9 Å². The van der Waals surface area contributed by atoms with Gasteiger partial charge in [-0.15, -0.1) is 0 Å². The number of benzene rings is 1. The second-order valence-corrected chi connectivity index (χ2v) is 6.26. The molecule has 0 aliphatic carbocycles. The second kappa shape index (κ2) is 8.60. The zero-order valence-corrected chi connectivity index (χ0v) is 15.8. The van der Waals surface area contributed by atoms with Crippen molar-refractivity contribution in [1.29, 1.82) is 0 Å². The lowest BCUT2D eigenvalue weighted by molar-refractivity contribution is -0.136. The summed E-state index contributed by atoms with van der Waals surface area (Å²) in [4.78, 5) is 24.5. The first-order valence-electron chi connectivity index (χ1n) is 8.63. The van der Waals surface area contributed by atoms with Gasteiger partial charge in [0.15, 0.2) is 11.5 Å². The molecule has 0 saturated heterocycles. The third kappa shape index (κ3) is 4.09. The Hall–Kier alpha value is -2.70. The van der Waals surface area contributed by atoms with Gasteiger partial charge in [0.05, 0.1) is 32.4 Å². The van der Waals surface area contributed by atoms with Gasteiger partial charge in [0.2, 0.25) is 0 Å². The maximum atomic E-state index is 12.4. The number of methoxy groups -OCH3 is 2. The van der Waals surface area contributed by atoms with Crippen molar-refractivity contribution in [2.75, 3.05) is 20.8 Å². The molecule has 0 fully saturated rings. The molecule has 1 aromatic carbocycles. The zero-order chi connectivity index (χ0) is 19.3. The molecule has 0 aromatic heterocycles. The van der Waals surface area contributed by atoms with Crippen LogP contribution in [0.5, 0.6) is 11.5 Å². The summed E-state index contributed by atoms with van der Waals surface area (Å²) in [7, 11) is 2.87. The average molecular weight is 362 g/mol. The van der Waals surface area contributed by atoms with Gasteiger partial charge in [0.1, 0.15) is 0 Å². The van der Waals surface area contributed by atoms with Gasteiger partial charge in [-0.2, -0.15) is 0 Å². The van der Waals surface area contributed by atoms with Gasteiger partial charge in [0, 0.05) is 5.70 Å². The number of nitrogens with one attached hydrogen (secondary N) is 2. The maximum Gasteiger partial charge on any atom is 0.337 e. The normalized spacial score (nSPS) is 16.8. The summed E-state index contributed by atoms with van der Waals surface area (Å²) in [6.45, 7) is 6.41. The van der Waals surface area contributed by atoms with Crippen LogP contribution in [0.15, 0.2) is 29.5 Å². The van der Waals surface area contributed by atoms with E-state index < -0.39 is 12.0 Å². The van der Waals surface area contributed by atoms with E-state index in [1.54, 1.807) is 19.2 Å². The molecule has 7 nitrogen and oxygen atoms in total. The highest BCUT2D eigenvalue weighted by Crippen LogP contribution is 2.35. The van der Waals surface area contributed by atoms with Crippen LogP contribution in [0.25, 0.3) is 0 Å². The van der Waals surface area contributed by atoms with Crippen LogP contribution in [-0.4, -0.2) is 32.8 Å². The minimum absolute atomic E-state index is 0.0493. The van der Waals surface area contributed by atoms with Crippen molar-refractivity contribution in [3.8, 4) is 11.5 Å². The number of carbonyl (C=O) groups is 2. The van der Waals surface area contributed by atoms with Gasteiger partial charge in [-0.3, -0.25) is 0 Å². The Bertz CT molecular complexity index is 712. The van der Waals surface area contributed by atoms with E-state index in [0.717, 1.165) is 6.42 Å². The van der Waals surface area contributed by atoms with E-state index in [4.69, 9.17) is 14.2 Å². The molecule has 2 amide bonds. The van der Waals surface area contributed by atoms with E-state index in [9.17, 15) is 9.59 Å². The number of rotatable bonds is 7. The van der Waals surface area contributed by atoms with E-state index in [1.807, 2.05) is 26.8 Å². The van der Waals surface area contributed by atoms with Gasteiger partial charge in [-0.25, -0.2) is 9.59 Å². The quantitative estimate of drug-likeness (QED) is 0.729. The summed E-state index contributed by atoms with van der Waals surface area (Å²) in [6.07, 6.45) is 0.877. The smallest absolute Gasteiger partial charge is 0.337 e. The average Bonchev–Trinajstić information content (AvgIpc) is 2.64. The van der Waals surface area contributed by atoms with E-state index in [-0.39, 0.29) is 11.9 Å². The number of ether oxygens (including phenoxy) is 3. The van der Waals surface area contributed by atoms with Gasteiger partial charge < -0.3 is 24.8 Å². The summed E-state index contributed by atoms with van der Waals surface area (Å²) in [6, 6.07) is 4.36. The van der Waals surface area contributed by atoms with Crippen LogP contribution in [0.1, 0.15) is 38.8 Å². The van der Waals surface area contributed by atoms with Gasteiger partial charge in [-0.05, 0) is 30.0 Å². The summed E-state index contributed by atoms with van der Waals surface area (Å²) < 4.78 is 16.0. The Morgan fingerprint density at radius 3 is 2.54 bits per heavy atom. The Labute approximate surface area is 153 Å². The molecule has 7 heteroatoms. The fourth-order valence-corrected chi connectivity index (χ4v) is 2.82. The second-order valence-electron chi connectivity index (χ2n) is 6.26. The Balaban J connectivity index is 2.51. The molecule has 26 heavy (non-hydrogen) atoms. The van der Waals surface area contributed by atoms with Crippen LogP contribution in [0, 0.1) is 5.92 Å². The molecule has 1 aliphatic heterocycles. The molecule has 0 bridgehead atoms. The van der Waals surface area contributed by atoms with Crippen LogP contribution in [0.3, 0.4) is 0 Å². The van der Waals surface area contributed by atoms with Crippen molar-refractivity contribution in [3.05, 3.63) is 35.0 Å². The Kier molecular flexibility index (Phi) is 6.49. The van der Waals surface area contributed by atoms with Crippen LogP contribution >= 0.6 is 0 Å². The van der Waals surface area contributed by atoms with E-state index in [1.165, 1.54) is 7.11 Å². The number of carbonyl (C=O) groups excluding carboxylic acids is 2. The molecular formula is C19H26N2O5. The van der Waals surface area contributed by atoms with Crippen molar-refractivity contribution in [3.63, 3.8) is 0 Å². The van der Waals surface area contributed by atoms with Gasteiger partial charge in [-0.1, -0.05) is 26.8 Å². The highest BCUT2D eigenvalue weighted by Gasteiger charge is 2.34. The highest BCUT2D eigenvalue weighted by atomic mass is 16.5. The molecule has 0 saturated carbocycles. The molecule has 142 valence electrons. The minimum Gasteiger partial charge on any atom is -0.493 e. The third-order valence-electron chi connectivity index (χ3n) is 4.07. The van der Waals surface area contributed by atoms with E-state index in [0.29, 0.717) is 34.9 Å². The molecule has 2 rings (SSSR count). The Morgan fingerprint density at radius 2 is 1.96 bits per heavy atom. The van der Waals surface area contributed by atoms with Crippen molar-refractivity contribution < 1.29 is 23.8 Å². The number of esters is 1. The minimum atomic E-state index is -0.636. The Morgan fingerprint density at radius 1 is 1.23 bits per heavy atom. The summed E-state index contributed by atoms with van der Waals surface area (Å²) in [5.41, 5.74) is 1.64. The van der Waals surface area contributed by atoms with Crippen LogP contribution in [-0.2, 0) is 9.53 Å². The summed E-state index contributed by atoms with van der Waals surface area (Å²) in [5.74, 6) is 0.619. The lowest BCUT2D eigenvalue weighted by Gasteiger charge is -2.31. The van der Waals surface area contributed by atoms with Crippen LogP contribution < -0.4 is 20.1 Å². The monoisotopic (exact) mass is 362 g/mol. The molecule has 0 spiro atoms. The predicted molar refractivity (Wildman–Crippen MR) is 97.1 cm³/mol. The fourth-order valence-electron chi connectivity index (χ4n) is 2.82. The fraction of sp³-hybridized carbons (Fsp3) is 0.474. The third-order valence-corrected chi connectivity index (χ3v) is 4.07. The highest BCUT2D eigenvalue weighted by molar-refractivity contribution is 5.95. The molecule has 1 aromatic rings. The van der Waals surface area contributed by atoms with Crippen molar-refractivity contribution >= 4 is 12.0 Å². The largest absolute Gasteiger partial charge is 0.493 e. The number of hydrogen-bond donors (Lipinski definition) is 2. The molecule has 2 N–H and O–H groups in total. The first-order valence-corrected chi connectivity index (χ1v) is 8.63. The predicted octanol–water partition coefficient (Wildman–Crippen LogP) is 2.92. The van der Waals surface area contributed by atoms with E-state index >= 15 is 0 Å². The maximum absolute atomic E-state index is 12.4. The van der Waals surface area contributed by atoms with Crippen molar-refractivity contribution in [2.45, 2.75) is 33.2 Å². The molecule has 1 atom stereocenters. The van der Waals surface area contributed by atoms with Crippen molar-refractivity contribution in [1.82, 2.24) is 10.6 Å². The van der Waals surface area contributed by atoms with Crippen LogP contribution in [0.2, 0.25) is 0 Å². The number of hydrogen-bond acceptors (Lipinski definition) is 5. The van der Waals surface area contributed by atoms with Crippen LogP contribution in [0.4, 0.5) is 4.79 Å². The van der Waals surface area contributed by atoms with Gasteiger partial charge >= 0.3 is 12.0 Å². The molecule has 1 heterocycles. The molecule has 0 radical (unpaired) electrons. The van der Waals surface area contributed by atoms with Crippen molar-refractivity contribution in [2.24, 2.45) is 5.92 Å². The lowest BCUT2D eigenvalue weighted by atomic mass is 9.91. The zero-order valence-electron chi connectivity index (χ0n) is 15.8. The first-order chi connectivity index (χ1) is 12.4. The SMILES string of the molecule is CCCOc1ccc(C2NC(=O)NC(C(C)C)=C2C(=O)OC)cc1OC. The van der Waals surface area contributed by atoms with Gasteiger partial charge in [0.25, 0.3) is 0 Å². The number of allylic oxidation sites excluding steroid dienone is 1. The molecule has 1 unspecified atom stereocenters. The lowest BCUT2D eigenvalue weighted by Crippen LogP contribution is -2.47. The first kappa shape index (κ1) is 19.6.